The number of methoxy groups -OCH3 is 1. The van der Waals surface area contributed by atoms with Gasteiger partial charge in [0.1, 0.15) is 5.60 Å². The Kier molecular flexibility index (Phi) is 4.61. The summed E-state index contributed by atoms with van der Waals surface area (Å²) in [5.41, 5.74) is 0.296. The maximum atomic E-state index is 11.3. The second-order valence-corrected chi connectivity index (χ2v) is 6.35. The molecule has 0 aliphatic heterocycles. The largest absolute Gasteiger partial charge is 0.478 e. The molecule has 1 aromatic rings. The second kappa shape index (κ2) is 6.10. The smallest absolute Gasteiger partial charge is 0.339 e. The van der Waals surface area contributed by atoms with E-state index in [1.54, 1.807) is 7.11 Å². The summed E-state index contributed by atoms with van der Waals surface area (Å²) in [4.78, 5) is 20.2. The van der Waals surface area contributed by atoms with Crippen molar-refractivity contribution < 1.29 is 14.6 Å². The topological polar surface area (TPSA) is 72.3 Å². The first kappa shape index (κ1) is 15.9. The molecule has 0 amide bonds. The van der Waals surface area contributed by atoms with Crippen LogP contribution in [0.4, 0.5) is 0 Å². The maximum absolute atomic E-state index is 11.3. The van der Waals surface area contributed by atoms with E-state index < -0.39 is 11.6 Å². The van der Waals surface area contributed by atoms with Crippen LogP contribution in [0.3, 0.4) is 0 Å². The Morgan fingerprint density at radius 3 is 2.76 bits per heavy atom. The third-order valence-corrected chi connectivity index (χ3v) is 4.35. The summed E-state index contributed by atoms with van der Waals surface area (Å²) in [7, 11) is 1.70. The molecule has 116 valence electrons. The zero-order chi connectivity index (χ0) is 15.6. The number of carboxylic acids is 1. The van der Waals surface area contributed by atoms with E-state index in [0.29, 0.717) is 17.4 Å². The minimum atomic E-state index is -0.978. The van der Waals surface area contributed by atoms with E-state index in [4.69, 9.17) is 4.74 Å². The highest BCUT2D eigenvalue weighted by atomic mass is 16.5. The van der Waals surface area contributed by atoms with Gasteiger partial charge in [-0.25, -0.2) is 14.8 Å². The van der Waals surface area contributed by atoms with Crippen LogP contribution in [0.1, 0.15) is 74.2 Å². The highest BCUT2D eigenvalue weighted by Crippen LogP contribution is 2.41. The first-order valence-electron chi connectivity index (χ1n) is 7.55. The lowest BCUT2D eigenvalue weighted by molar-refractivity contribution is -0.0648. The van der Waals surface area contributed by atoms with Gasteiger partial charge in [0.15, 0.2) is 5.82 Å². The average molecular weight is 292 g/mol. The number of hydrogen-bond donors (Lipinski definition) is 1. The van der Waals surface area contributed by atoms with E-state index in [1.807, 2.05) is 13.8 Å². The van der Waals surface area contributed by atoms with Gasteiger partial charge in [-0.3, -0.25) is 0 Å². The van der Waals surface area contributed by atoms with E-state index in [0.717, 1.165) is 19.3 Å². The van der Waals surface area contributed by atoms with Crippen LogP contribution < -0.4 is 0 Å². The Hall–Kier alpha value is -1.49. The highest BCUT2D eigenvalue weighted by molar-refractivity contribution is 5.88. The van der Waals surface area contributed by atoms with Gasteiger partial charge in [0.05, 0.1) is 11.3 Å². The number of nitrogens with zero attached hydrogens (tertiary/aromatic N) is 2. The van der Waals surface area contributed by atoms with Gasteiger partial charge >= 0.3 is 5.97 Å². The quantitative estimate of drug-likeness (QED) is 0.921. The van der Waals surface area contributed by atoms with Crippen molar-refractivity contribution in [1.29, 1.82) is 0 Å². The summed E-state index contributed by atoms with van der Waals surface area (Å²) >= 11 is 0. The summed E-state index contributed by atoms with van der Waals surface area (Å²) in [6.45, 7) is 6.10. The number of hydrogen-bond acceptors (Lipinski definition) is 4. The lowest BCUT2D eigenvalue weighted by Crippen LogP contribution is -2.36. The molecule has 1 saturated carbocycles. The van der Waals surface area contributed by atoms with Crippen molar-refractivity contribution in [2.24, 2.45) is 5.92 Å². The fraction of sp³-hybridized carbons (Fsp3) is 0.688. The number of aromatic nitrogens is 2. The molecule has 0 bridgehead atoms. The second-order valence-electron chi connectivity index (χ2n) is 6.35. The number of ether oxygens (including phenoxy) is 1. The molecule has 0 radical (unpaired) electrons. The first-order chi connectivity index (χ1) is 9.89. The summed E-state index contributed by atoms with van der Waals surface area (Å²) in [5, 5.41) is 9.27. The molecule has 1 aliphatic carbocycles. The van der Waals surface area contributed by atoms with Crippen molar-refractivity contribution in [2.45, 2.75) is 58.0 Å². The van der Waals surface area contributed by atoms with Gasteiger partial charge in [-0.2, -0.15) is 0 Å². The predicted octanol–water partition coefficient (Wildman–Crippen LogP) is 3.35. The molecular weight excluding hydrogens is 268 g/mol. The van der Waals surface area contributed by atoms with Gasteiger partial charge in [0.2, 0.25) is 0 Å². The molecule has 1 aromatic heterocycles. The van der Waals surface area contributed by atoms with Crippen molar-refractivity contribution in [2.75, 3.05) is 7.11 Å². The SMILES string of the molecule is COC1(c2ncc(C(=O)O)c(C(C)C)n2)CCCC(C)C1. The van der Waals surface area contributed by atoms with E-state index in [9.17, 15) is 9.90 Å². The summed E-state index contributed by atoms with van der Waals surface area (Å²) in [6.07, 6.45) is 5.47. The van der Waals surface area contributed by atoms with Gasteiger partial charge in [0.25, 0.3) is 0 Å². The average Bonchev–Trinajstić information content (AvgIpc) is 2.46. The molecule has 0 saturated heterocycles. The van der Waals surface area contributed by atoms with Crippen molar-refractivity contribution in [3.8, 4) is 0 Å². The predicted molar refractivity (Wildman–Crippen MR) is 79.4 cm³/mol. The van der Waals surface area contributed by atoms with Crippen LogP contribution >= 0.6 is 0 Å². The molecular formula is C16H24N2O3. The molecule has 5 heteroatoms. The summed E-state index contributed by atoms with van der Waals surface area (Å²) in [5.74, 6) is 0.246. The minimum absolute atomic E-state index is 0.0350. The van der Waals surface area contributed by atoms with Gasteiger partial charge in [-0.05, 0) is 31.1 Å². The molecule has 1 N–H and O–H groups in total. The molecule has 1 aliphatic rings. The molecule has 5 nitrogen and oxygen atoms in total. The maximum Gasteiger partial charge on any atom is 0.339 e. The summed E-state index contributed by atoms with van der Waals surface area (Å²) < 4.78 is 5.80. The van der Waals surface area contributed by atoms with Crippen LogP contribution in [0.25, 0.3) is 0 Å². The van der Waals surface area contributed by atoms with Crippen LogP contribution in [0.15, 0.2) is 6.20 Å². The lowest BCUT2D eigenvalue weighted by atomic mass is 9.78. The standard InChI is InChI=1S/C16H24N2O3/c1-10(2)13-12(14(19)20)9-17-15(18-13)16(21-4)7-5-6-11(3)8-16/h9-11H,5-8H2,1-4H3,(H,19,20). The zero-order valence-corrected chi connectivity index (χ0v) is 13.2. The fourth-order valence-electron chi connectivity index (χ4n) is 3.20. The third-order valence-electron chi connectivity index (χ3n) is 4.35. The van der Waals surface area contributed by atoms with Gasteiger partial charge < -0.3 is 9.84 Å². The Morgan fingerprint density at radius 1 is 1.52 bits per heavy atom. The van der Waals surface area contributed by atoms with E-state index in [2.05, 4.69) is 16.9 Å². The van der Waals surface area contributed by atoms with Crippen LogP contribution in [-0.2, 0) is 10.3 Å². The fourth-order valence-corrected chi connectivity index (χ4v) is 3.20. The zero-order valence-electron chi connectivity index (χ0n) is 13.2. The molecule has 21 heavy (non-hydrogen) atoms. The number of carboxylic acid groups (broad SMARTS) is 1. The van der Waals surface area contributed by atoms with Crippen LogP contribution in [-0.4, -0.2) is 28.2 Å². The molecule has 1 heterocycles. The molecule has 0 spiro atoms. The van der Waals surface area contributed by atoms with Crippen LogP contribution in [0, 0.1) is 5.92 Å². The number of rotatable bonds is 4. The van der Waals surface area contributed by atoms with E-state index in [-0.39, 0.29) is 11.5 Å². The monoisotopic (exact) mass is 292 g/mol. The van der Waals surface area contributed by atoms with E-state index >= 15 is 0 Å². The summed E-state index contributed by atoms with van der Waals surface area (Å²) in [6, 6.07) is 0. The molecule has 2 atom stereocenters. The van der Waals surface area contributed by atoms with Gasteiger partial charge in [-0.1, -0.05) is 27.2 Å². The van der Waals surface area contributed by atoms with Crippen molar-refractivity contribution in [3.05, 3.63) is 23.3 Å². The molecule has 2 unspecified atom stereocenters. The van der Waals surface area contributed by atoms with Gasteiger partial charge in [-0.15, -0.1) is 0 Å². The molecule has 2 rings (SSSR count). The minimum Gasteiger partial charge on any atom is -0.478 e. The molecule has 1 fully saturated rings. The molecule has 0 aromatic carbocycles. The van der Waals surface area contributed by atoms with E-state index in [1.165, 1.54) is 12.6 Å². The normalized spacial score (nSPS) is 26.0. The van der Waals surface area contributed by atoms with Crippen molar-refractivity contribution >= 4 is 5.97 Å². The van der Waals surface area contributed by atoms with Crippen molar-refractivity contribution in [1.82, 2.24) is 9.97 Å². The first-order valence-corrected chi connectivity index (χ1v) is 7.55. The van der Waals surface area contributed by atoms with Crippen molar-refractivity contribution in [3.63, 3.8) is 0 Å². The Morgan fingerprint density at radius 2 is 2.24 bits per heavy atom. The third kappa shape index (κ3) is 3.07. The Balaban J connectivity index is 2.47. The number of aromatic carboxylic acids is 1. The Bertz CT molecular complexity index is 530. The Labute approximate surface area is 125 Å². The van der Waals surface area contributed by atoms with Crippen LogP contribution in [0.2, 0.25) is 0 Å². The van der Waals surface area contributed by atoms with Crippen LogP contribution in [0.5, 0.6) is 0 Å². The highest BCUT2D eigenvalue weighted by Gasteiger charge is 2.40. The number of carbonyl (C=O) groups is 1. The van der Waals surface area contributed by atoms with Gasteiger partial charge in [0, 0.05) is 13.3 Å². The lowest BCUT2D eigenvalue weighted by Gasteiger charge is -2.37.